The summed E-state index contributed by atoms with van der Waals surface area (Å²) in [6.45, 7) is 8.44. The van der Waals surface area contributed by atoms with E-state index in [0.717, 1.165) is 26.2 Å². The van der Waals surface area contributed by atoms with Crippen molar-refractivity contribution >= 4 is 11.3 Å². The van der Waals surface area contributed by atoms with Crippen LogP contribution in [-0.2, 0) is 4.74 Å². The third kappa shape index (κ3) is 2.88. The van der Waals surface area contributed by atoms with Gasteiger partial charge in [0.1, 0.15) is 0 Å². The summed E-state index contributed by atoms with van der Waals surface area (Å²) >= 11 is 1.81. The summed E-state index contributed by atoms with van der Waals surface area (Å²) in [5.74, 6) is 0. The highest BCUT2D eigenvalue weighted by Gasteiger charge is 2.28. The number of thiophene rings is 1. The van der Waals surface area contributed by atoms with Crippen molar-refractivity contribution < 1.29 is 4.74 Å². The molecule has 4 heteroatoms. The lowest BCUT2D eigenvalue weighted by molar-refractivity contribution is -0.0444. The lowest BCUT2D eigenvalue weighted by atomic mass is 10.0. The van der Waals surface area contributed by atoms with Crippen LogP contribution in [0.15, 0.2) is 11.4 Å². The molecule has 1 fully saturated rings. The first-order valence-electron chi connectivity index (χ1n) is 6.31. The van der Waals surface area contributed by atoms with Crippen LogP contribution in [0.2, 0.25) is 0 Å². The molecule has 0 amide bonds. The van der Waals surface area contributed by atoms with Crippen molar-refractivity contribution in [2.75, 3.05) is 33.3 Å². The van der Waals surface area contributed by atoms with Crippen molar-refractivity contribution in [2.24, 2.45) is 0 Å². The molecule has 0 saturated carbocycles. The van der Waals surface area contributed by atoms with E-state index >= 15 is 0 Å². The Bertz CT molecular complexity index is 353. The standard InChI is InChI=1S/C13H22N2OS/c1-4-15-6-7-16-12(9-15)13(14-3)11-5-8-17-10(11)2/h5,8,12-14H,4,6-7,9H2,1-3H3. The molecule has 2 unspecified atom stereocenters. The number of nitrogens with zero attached hydrogens (tertiary/aromatic N) is 1. The molecule has 17 heavy (non-hydrogen) atoms. The highest BCUT2D eigenvalue weighted by molar-refractivity contribution is 7.10. The van der Waals surface area contributed by atoms with Crippen molar-refractivity contribution in [2.45, 2.75) is 26.0 Å². The SMILES string of the molecule is CCN1CCOC(C(NC)c2ccsc2C)C1. The van der Waals surface area contributed by atoms with Gasteiger partial charge in [0.15, 0.2) is 0 Å². The average molecular weight is 254 g/mol. The summed E-state index contributed by atoms with van der Waals surface area (Å²) in [5, 5.41) is 5.58. The van der Waals surface area contributed by atoms with Gasteiger partial charge in [-0.1, -0.05) is 6.92 Å². The van der Waals surface area contributed by atoms with Crippen LogP contribution in [0.5, 0.6) is 0 Å². The molecule has 96 valence electrons. The zero-order valence-electron chi connectivity index (χ0n) is 10.9. The second kappa shape index (κ2) is 5.96. The summed E-state index contributed by atoms with van der Waals surface area (Å²) in [6, 6.07) is 2.53. The Kier molecular flexibility index (Phi) is 4.56. The quantitative estimate of drug-likeness (QED) is 0.890. The third-order valence-corrected chi connectivity index (χ3v) is 4.40. The van der Waals surface area contributed by atoms with E-state index in [1.54, 1.807) is 0 Å². The molecule has 0 aliphatic carbocycles. The molecular weight excluding hydrogens is 232 g/mol. The number of hydrogen-bond acceptors (Lipinski definition) is 4. The Labute approximate surface area is 108 Å². The fraction of sp³-hybridized carbons (Fsp3) is 0.692. The van der Waals surface area contributed by atoms with Crippen molar-refractivity contribution in [3.05, 3.63) is 21.9 Å². The smallest absolute Gasteiger partial charge is 0.0897 e. The average Bonchev–Trinajstić information content (AvgIpc) is 2.77. The Hall–Kier alpha value is -0.420. The van der Waals surface area contributed by atoms with Gasteiger partial charge in [-0.05, 0) is 37.5 Å². The summed E-state index contributed by atoms with van der Waals surface area (Å²) < 4.78 is 5.94. The van der Waals surface area contributed by atoms with Gasteiger partial charge in [0.05, 0.1) is 18.8 Å². The lowest BCUT2D eigenvalue weighted by Gasteiger charge is -2.36. The Morgan fingerprint density at radius 1 is 1.65 bits per heavy atom. The minimum atomic E-state index is 0.266. The molecule has 1 aromatic rings. The molecule has 1 aliphatic rings. The number of nitrogens with one attached hydrogen (secondary N) is 1. The lowest BCUT2D eigenvalue weighted by Crippen LogP contribution is -2.47. The summed E-state index contributed by atoms with van der Waals surface area (Å²) in [6.07, 6.45) is 0.266. The third-order valence-electron chi connectivity index (χ3n) is 3.54. The zero-order valence-corrected chi connectivity index (χ0v) is 11.7. The minimum absolute atomic E-state index is 0.266. The van der Waals surface area contributed by atoms with Gasteiger partial charge in [-0.15, -0.1) is 11.3 Å². The van der Waals surface area contributed by atoms with Crippen LogP contribution in [0.1, 0.15) is 23.4 Å². The molecule has 1 aromatic heterocycles. The molecule has 0 spiro atoms. The van der Waals surface area contributed by atoms with Gasteiger partial charge in [-0.25, -0.2) is 0 Å². The highest BCUT2D eigenvalue weighted by Crippen LogP contribution is 2.27. The first kappa shape index (κ1) is 13.0. The Morgan fingerprint density at radius 2 is 2.47 bits per heavy atom. The molecule has 0 aromatic carbocycles. The maximum atomic E-state index is 5.94. The van der Waals surface area contributed by atoms with Crippen LogP contribution in [0, 0.1) is 6.92 Å². The Morgan fingerprint density at radius 3 is 3.06 bits per heavy atom. The summed E-state index contributed by atoms with van der Waals surface area (Å²) in [7, 11) is 2.02. The number of morpholine rings is 1. The van der Waals surface area contributed by atoms with E-state index in [1.807, 2.05) is 18.4 Å². The Balaban J connectivity index is 2.10. The van der Waals surface area contributed by atoms with Crippen LogP contribution in [0.4, 0.5) is 0 Å². The number of aryl methyl sites for hydroxylation is 1. The molecule has 1 N–H and O–H groups in total. The van der Waals surface area contributed by atoms with Gasteiger partial charge in [0.25, 0.3) is 0 Å². The van der Waals surface area contributed by atoms with Crippen LogP contribution in [-0.4, -0.2) is 44.3 Å². The summed E-state index contributed by atoms with van der Waals surface area (Å²) in [5.41, 5.74) is 1.39. The first-order valence-corrected chi connectivity index (χ1v) is 7.19. The molecule has 2 rings (SSSR count). The van der Waals surface area contributed by atoms with E-state index in [2.05, 4.69) is 35.5 Å². The molecule has 1 aliphatic heterocycles. The van der Waals surface area contributed by atoms with Crippen molar-refractivity contribution in [1.82, 2.24) is 10.2 Å². The van der Waals surface area contributed by atoms with E-state index < -0.39 is 0 Å². The predicted octanol–water partition coefficient (Wildman–Crippen LogP) is 2.04. The topological polar surface area (TPSA) is 24.5 Å². The second-order valence-corrected chi connectivity index (χ2v) is 5.62. The van der Waals surface area contributed by atoms with Crippen LogP contribution in [0.3, 0.4) is 0 Å². The van der Waals surface area contributed by atoms with Crippen molar-refractivity contribution in [3.8, 4) is 0 Å². The van der Waals surface area contributed by atoms with E-state index in [0.29, 0.717) is 6.04 Å². The van der Waals surface area contributed by atoms with Crippen molar-refractivity contribution in [1.29, 1.82) is 0 Å². The molecular formula is C13H22N2OS. The summed E-state index contributed by atoms with van der Waals surface area (Å²) in [4.78, 5) is 3.85. The van der Waals surface area contributed by atoms with Gasteiger partial charge in [0, 0.05) is 18.0 Å². The van der Waals surface area contributed by atoms with Crippen LogP contribution in [0.25, 0.3) is 0 Å². The van der Waals surface area contributed by atoms with Gasteiger partial charge >= 0.3 is 0 Å². The minimum Gasteiger partial charge on any atom is -0.374 e. The normalized spacial score (nSPS) is 23.8. The monoisotopic (exact) mass is 254 g/mol. The number of ether oxygens (including phenoxy) is 1. The van der Waals surface area contributed by atoms with Gasteiger partial charge in [0.2, 0.25) is 0 Å². The molecule has 2 atom stereocenters. The number of hydrogen-bond donors (Lipinski definition) is 1. The molecule has 0 bridgehead atoms. The van der Waals surface area contributed by atoms with E-state index in [1.165, 1.54) is 10.4 Å². The van der Waals surface area contributed by atoms with E-state index in [-0.39, 0.29) is 6.10 Å². The molecule has 3 nitrogen and oxygen atoms in total. The fourth-order valence-corrected chi connectivity index (χ4v) is 3.23. The van der Waals surface area contributed by atoms with Crippen LogP contribution >= 0.6 is 11.3 Å². The predicted molar refractivity (Wildman–Crippen MR) is 72.7 cm³/mol. The first-order chi connectivity index (χ1) is 8.26. The zero-order chi connectivity index (χ0) is 12.3. The van der Waals surface area contributed by atoms with E-state index in [9.17, 15) is 0 Å². The molecule has 0 radical (unpaired) electrons. The largest absolute Gasteiger partial charge is 0.374 e. The maximum absolute atomic E-state index is 5.94. The van der Waals surface area contributed by atoms with Crippen molar-refractivity contribution in [3.63, 3.8) is 0 Å². The molecule has 2 heterocycles. The van der Waals surface area contributed by atoms with Gasteiger partial charge < -0.3 is 10.1 Å². The number of likely N-dealkylation sites (N-methyl/N-ethyl adjacent to an activating group) is 2. The fourth-order valence-electron chi connectivity index (χ4n) is 2.48. The highest BCUT2D eigenvalue weighted by atomic mass is 32.1. The maximum Gasteiger partial charge on any atom is 0.0897 e. The number of rotatable bonds is 4. The second-order valence-electron chi connectivity index (χ2n) is 4.50. The van der Waals surface area contributed by atoms with E-state index in [4.69, 9.17) is 4.74 Å². The van der Waals surface area contributed by atoms with Crippen LogP contribution < -0.4 is 5.32 Å². The molecule has 1 saturated heterocycles. The van der Waals surface area contributed by atoms with Gasteiger partial charge in [-0.3, -0.25) is 4.90 Å². The van der Waals surface area contributed by atoms with Gasteiger partial charge in [-0.2, -0.15) is 0 Å².